The number of nitrogens with zero attached hydrogens (tertiary/aromatic N) is 3. The Labute approximate surface area is 243 Å². The largest absolute Gasteiger partial charge is 0.497 e. The molecule has 4 heterocycles. The van der Waals surface area contributed by atoms with Gasteiger partial charge in [0, 0.05) is 30.8 Å². The van der Waals surface area contributed by atoms with Crippen LogP contribution in [0.25, 0.3) is 6.08 Å². The fraction of sp³-hybridized carbons (Fsp3) is 0.452. The monoisotopic (exact) mass is 579 g/mol. The molecule has 218 valence electrons. The number of furan rings is 1. The fourth-order valence-electron chi connectivity index (χ4n) is 5.42. The van der Waals surface area contributed by atoms with Gasteiger partial charge in [0.05, 0.1) is 36.6 Å². The first-order valence-electron chi connectivity index (χ1n) is 14.2. The maximum Gasteiger partial charge on any atom is 0.338 e. The van der Waals surface area contributed by atoms with Crippen LogP contribution in [0.1, 0.15) is 63.8 Å². The maximum atomic E-state index is 14.1. The first-order chi connectivity index (χ1) is 19.9. The molecular weight excluding hydrogens is 542 g/mol. The number of rotatable bonds is 9. The van der Waals surface area contributed by atoms with Crippen molar-refractivity contribution in [1.82, 2.24) is 4.57 Å². The van der Waals surface area contributed by atoms with Crippen LogP contribution in [0.3, 0.4) is 0 Å². The first-order valence-corrected chi connectivity index (χ1v) is 15.0. The van der Waals surface area contributed by atoms with Gasteiger partial charge in [-0.05, 0) is 56.4 Å². The first kappa shape index (κ1) is 28.7. The van der Waals surface area contributed by atoms with E-state index in [-0.39, 0.29) is 12.2 Å². The van der Waals surface area contributed by atoms with E-state index < -0.39 is 12.0 Å². The van der Waals surface area contributed by atoms with Gasteiger partial charge in [-0.3, -0.25) is 9.36 Å². The summed E-state index contributed by atoms with van der Waals surface area (Å²) in [5.41, 5.74) is 1.28. The molecular formula is C31H37N3O6S. The van der Waals surface area contributed by atoms with E-state index >= 15 is 0 Å². The van der Waals surface area contributed by atoms with Crippen LogP contribution in [0.4, 0.5) is 5.88 Å². The van der Waals surface area contributed by atoms with Gasteiger partial charge < -0.3 is 23.5 Å². The lowest BCUT2D eigenvalue weighted by atomic mass is 9.93. The SMILES string of the molecule is CCCC1=C(C(=O)OCC)[C@@H](c2cc(OC)ccc2OC)n2c(s/c(=C\c3ccc(N4CCC(C)CC4)o3)c2=O)=N1. The van der Waals surface area contributed by atoms with Gasteiger partial charge in [-0.2, -0.15) is 0 Å². The Bertz CT molecular complexity index is 1620. The number of hydrogen-bond donors (Lipinski definition) is 0. The molecule has 0 unspecified atom stereocenters. The molecule has 1 fully saturated rings. The second-order valence-electron chi connectivity index (χ2n) is 10.4. The van der Waals surface area contributed by atoms with Crippen molar-refractivity contribution in [1.29, 1.82) is 0 Å². The number of methoxy groups -OCH3 is 2. The maximum absolute atomic E-state index is 14.1. The summed E-state index contributed by atoms with van der Waals surface area (Å²) in [4.78, 5) is 35.1. The number of carbonyl (C=O) groups is 1. The van der Waals surface area contributed by atoms with Crippen molar-refractivity contribution in [2.24, 2.45) is 10.9 Å². The van der Waals surface area contributed by atoms with Crippen LogP contribution in [0.2, 0.25) is 0 Å². The second-order valence-corrected chi connectivity index (χ2v) is 11.4. The van der Waals surface area contributed by atoms with Crippen LogP contribution in [-0.2, 0) is 9.53 Å². The number of aromatic nitrogens is 1. The Balaban J connectivity index is 1.67. The molecule has 1 atom stereocenters. The highest BCUT2D eigenvalue weighted by Crippen LogP contribution is 2.38. The Kier molecular flexibility index (Phi) is 8.68. The Morgan fingerprint density at radius 1 is 1.15 bits per heavy atom. The van der Waals surface area contributed by atoms with E-state index in [4.69, 9.17) is 23.6 Å². The molecule has 3 aromatic rings. The highest BCUT2D eigenvalue weighted by molar-refractivity contribution is 7.07. The van der Waals surface area contributed by atoms with E-state index in [0.29, 0.717) is 49.8 Å². The smallest absolute Gasteiger partial charge is 0.338 e. The molecule has 0 bridgehead atoms. The average molecular weight is 580 g/mol. The van der Waals surface area contributed by atoms with Crippen LogP contribution in [0.15, 0.2) is 55.8 Å². The highest BCUT2D eigenvalue weighted by Gasteiger charge is 2.36. The molecule has 2 aliphatic heterocycles. The third-order valence-electron chi connectivity index (χ3n) is 7.60. The summed E-state index contributed by atoms with van der Waals surface area (Å²) in [6, 6.07) is 8.40. The van der Waals surface area contributed by atoms with Crippen molar-refractivity contribution in [3.63, 3.8) is 0 Å². The summed E-state index contributed by atoms with van der Waals surface area (Å²) >= 11 is 1.28. The van der Waals surface area contributed by atoms with Crippen LogP contribution < -0.4 is 29.3 Å². The third-order valence-corrected chi connectivity index (χ3v) is 8.59. The number of thiazole rings is 1. The van der Waals surface area contributed by atoms with Gasteiger partial charge in [-0.1, -0.05) is 31.6 Å². The number of carbonyl (C=O) groups excluding carboxylic acids is 1. The molecule has 0 amide bonds. The molecule has 0 radical (unpaired) electrons. The third kappa shape index (κ3) is 5.70. The van der Waals surface area contributed by atoms with E-state index in [1.807, 2.05) is 19.1 Å². The predicted octanol–water partition coefficient (Wildman–Crippen LogP) is 4.43. The number of allylic oxidation sites excluding steroid dienone is 1. The molecule has 41 heavy (non-hydrogen) atoms. The molecule has 0 spiro atoms. The molecule has 0 saturated carbocycles. The van der Waals surface area contributed by atoms with Gasteiger partial charge >= 0.3 is 5.97 Å². The highest BCUT2D eigenvalue weighted by atomic mass is 32.1. The van der Waals surface area contributed by atoms with E-state index in [9.17, 15) is 9.59 Å². The zero-order valence-corrected chi connectivity index (χ0v) is 25.1. The van der Waals surface area contributed by atoms with E-state index in [2.05, 4.69) is 11.8 Å². The number of hydrogen-bond acceptors (Lipinski definition) is 9. The predicted molar refractivity (Wildman–Crippen MR) is 158 cm³/mol. The molecule has 0 N–H and O–H groups in total. The summed E-state index contributed by atoms with van der Waals surface area (Å²) in [5.74, 6) is 2.72. The standard InChI is InChI=1S/C31H37N3O6S/c1-6-8-23-27(30(36)39-7-2)28(22-17-20(37-4)9-11-24(22)38-5)34-29(35)25(41-31(34)32-23)18-21-10-12-26(40-21)33-15-13-19(3)14-16-33/h9-12,17-19,28H,6-8,13-16H2,1-5H3/b25-18-/t28-/m1/s1. The number of anilines is 1. The number of esters is 1. The summed E-state index contributed by atoms with van der Waals surface area (Å²) in [6.45, 7) is 8.17. The molecule has 1 aromatic carbocycles. The molecule has 9 nitrogen and oxygen atoms in total. The van der Waals surface area contributed by atoms with Crippen LogP contribution in [0, 0.1) is 5.92 Å². The van der Waals surface area contributed by atoms with Crippen molar-refractivity contribution >= 4 is 29.3 Å². The quantitative estimate of drug-likeness (QED) is 0.346. The van der Waals surface area contributed by atoms with Crippen LogP contribution >= 0.6 is 11.3 Å². The lowest BCUT2D eigenvalue weighted by molar-refractivity contribution is -0.139. The van der Waals surface area contributed by atoms with Crippen LogP contribution in [-0.4, -0.2) is 44.5 Å². The zero-order valence-electron chi connectivity index (χ0n) is 24.3. The Hall–Kier alpha value is -3.79. The molecule has 2 aliphatic rings. The molecule has 5 rings (SSSR count). The van der Waals surface area contributed by atoms with Gasteiger partial charge in [0.1, 0.15) is 23.3 Å². The number of piperidine rings is 1. The van der Waals surface area contributed by atoms with E-state index in [1.165, 1.54) is 11.3 Å². The van der Waals surface area contributed by atoms with Crippen molar-refractivity contribution in [3.8, 4) is 11.5 Å². The second kappa shape index (κ2) is 12.4. The van der Waals surface area contributed by atoms with Crippen molar-refractivity contribution in [2.75, 3.05) is 38.8 Å². The van der Waals surface area contributed by atoms with Crippen molar-refractivity contribution in [3.05, 3.63) is 72.6 Å². The summed E-state index contributed by atoms with van der Waals surface area (Å²) < 4.78 is 24.9. The molecule has 1 saturated heterocycles. The van der Waals surface area contributed by atoms with E-state index in [1.54, 1.807) is 50.0 Å². The molecule has 0 aliphatic carbocycles. The van der Waals surface area contributed by atoms with Crippen molar-refractivity contribution < 1.29 is 23.4 Å². The van der Waals surface area contributed by atoms with Crippen molar-refractivity contribution in [2.45, 2.75) is 52.5 Å². The van der Waals surface area contributed by atoms with Gasteiger partial charge in [-0.25, -0.2) is 9.79 Å². The normalized spacial score (nSPS) is 17.8. The average Bonchev–Trinajstić information content (AvgIpc) is 3.56. The Morgan fingerprint density at radius 2 is 1.93 bits per heavy atom. The number of fused-ring (bicyclic) bond motifs is 1. The number of ether oxygens (including phenoxy) is 3. The zero-order chi connectivity index (χ0) is 29.1. The Morgan fingerprint density at radius 3 is 2.61 bits per heavy atom. The number of benzene rings is 1. The van der Waals surface area contributed by atoms with Gasteiger partial charge in [0.2, 0.25) is 0 Å². The van der Waals surface area contributed by atoms with Crippen LogP contribution in [0.5, 0.6) is 11.5 Å². The minimum atomic E-state index is -0.804. The lowest BCUT2D eigenvalue weighted by Crippen LogP contribution is -2.40. The topological polar surface area (TPSA) is 95.5 Å². The minimum Gasteiger partial charge on any atom is -0.497 e. The summed E-state index contributed by atoms with van der Waals surface area (Å²) in [6.07, 6.45) is 5.34. The molecule has 10 heteroatoms. The lowest BCUT2D eigenvalue weighted by Gasteiger charge is -2.29. The molecule has 2 aromatic heterocycles. The summed E-state index contributed by atoms with van der Waals surface area (Å²) in [5, 5.41) is 0. The minimum absolute atomic E-state index is 0.199. The van der Waals surface area contributed by atoms with Gasteiger partial charge in [0.25, 0.3) is 5.56 Å². The van der Waals surface area contributed by atoms with E-state index in [0.717, 1.165) is 44.2 Å². The summed E-state index contributed by atoms with van der Waals surface area (Å²) in [7, 11) is 3.14. The van der Waals surface area contributed by atoms with Gasteiger partial charge in [-0.15, -0.1) is 0 Å². The fourth-order valence-corrected chi connectivity index (χ4v) is 6.42. The van der Waals surface area contributed by atoms with Gasteiger partial charge in [0.15, 0.2) is 10.7 Å².